The highest BCUT2D eigenvalue weighted by molar-refractivity contribution is 7.17. The van der Waals surface area contributed by atoms with Crippen molar-refractivity contribution in [2.75, 3.05) is 5.73 Å². The van der Waals surface area contributed by atoms with Gasteiger partial charge < -0.3 is 15.8 Å². The number of nitrogens with zero attached hydrogens (tertiary/aromatic N) is 1. The Kier molecular flexibility index (Phi) is 2.56. The molecule has 6 heteroatoms. The second kappa shape index (κ2) is 3.96. The van der Waals surface area contributed by atoms with E-state index >= 15 is 0 Å². The number of nitrogen functional groups attached to an aromatic ring is 1. The van der Waals surface area contributed by atoms with E-state index in [1.807, 2.05) is 0 Å². The minimum atomic E-state index is -0.0714. The molecular weight excluding hydrogens is 238 g/mol. The zero-order valence-corrected chi connectivity index (χ0v) is 10.4. The summed E-state index contributed by atoms with van der Waals surface area (Å²) in [5.41, 5.74) is 6.29. The molecule has 17 heavy (non-hydrogen) atoms. The first-order chi connectivity index (χ1) is 8.13. The fourth-order valence-corrected chi connectivity index (χ4v) is 3.39. The SMILES string of the molecule is Cc1nc(N)sc1C(=O)NC1CC2CCC1O2. The standard InChI is InChI=1S/C11H15N3O2S/c1-5-9(17-11(12)13-5)10(15)14-7-4-6-2-3-8(7)16-6/h6-8H,2-4H2,1H3,(H2,12,13)(H,14,15). The zero-order chi connectivity index (χ0) is 12.0. The van der Waals surface area contributed by atoms with Gasteiger partial charge in [0.2, 0.25) is 0 Å². The Hall–Kier alpha value is -1.14. The van der Waals surface area contributed by atoms with Gasteiger partial charge in [0.05, 0.1) is 23.9 Å². The molecule has 0 saturated carbocycles. The molecule has 2 aliphatic rings. The van der Waals surface area contributed by atoms with Gasteiger partial charge in [0.1, 0.15) is 4.88 Å². The van der Waals surface area contributed by atoms with Gasteiger partial charge >= 0.3 is 0 Å². The number of anilines is 1. The highest BCUT2D eigenvalue weighted by Crippen LogP contribution is 2.34. The number of nitrogens with two attached hydrogens (primary N) is 1. The molecule has 0 spiro atoms. The molecule has 0 aliphatic carbocycles. The lowest BCUT2D eigenvalue weighted by molar-refractivity contribution is 0.0843. The third kappa shape index (κ3) is 1.91. The summed E-state index contributed by atoms with van der Waals surface area (Å²) in [6.07, 6.45) is 3.67. The smallest absolute Gasteiger partial charge is 0.263 e. The summed E-state index contributed by atoms with van der Waals surface area (Å²) in [4.78, 5) is 16.7. The zero-order valence-electron chi connectivity index (χ0n) is 9.60. The average Bonchev–Trinajstić information content (AvgIpc) is 2.93. The van der Waals surface area contributed by atoms with Crippen molar-refractivity contribution in [2.45, 2.75) is 44.4 Å². The number of ether oxygens (including phenoxy) is 1. The number of aromatic nitrogens is 1. The third-order valence-electron chi connectivity index (χ3n) is 3.44. The Balaban J connectivity index is 1.69. The molecule has 3 unspecified atom stereocenters. The normalized spacial score (nSPS) is 30.8. The van der Waals surface area contributed by atoms with Crippen LogP contribution in [-0.4, -0.2) is 29.1 Å². The molecule has 0 aromatic carbocycles. The predicted molar refractivity (Wildman–Crippen MR) is 65.0 cm³/mol. The van der Waals surface area contributed by atoms with E-state index in [9.17, 15) is 4.79 Å². The lowest BCUT2D eigenvalue weighted by Gasteiger charge is -2.19. The average molecular weight is 253 g/mol. The molecule has 1 aromatic heterocycles. The van der Waals surface area contributed by atoms with Crippen molar-refractivity contribution >= 4 is 22.4 Å². The van der Waals surface area contributed by atoms with Crippen molar-refractivity contribution in [1.29, 1.82) is 0 Å². The number of aryl methyl sites for hydroxylation is 1. The fourth-order valence-electron chi connectivity index (χ4n) is 2.65. The van der Waals surface area contributed by atoms with Crippen molar-refractivity contribution < 1.29 is 9.53 Å². The summed E-state index contributed by atoms with van der Waals surface area (Å²) in [5.74, 6) is -0.0714. The summed E-state index contributed by atoms with van der Waals surface area (Å²) in [5, 5.41) is 3.47. The molecule has 3 rings (SSSR count). The minimum Gasteiger partial charge on any atom is -0.375 e. The van der Waals surface area contributed by atoms with E-state index in [0.717, 1.165) is 19.3 Å². The van der Waals surface area contributed by atoms with E-state index in [4.69, 9.17) is 10.5 Å². The van der Waals surface area contributed by atoms with Gasteiger partial charge in [-0.05, 0) is 26.2 Å². The second-order valence-corrected chi connectivity index (χ2v) is 5.69. The number of carbonyl (C=O) groups is 1. The van der Waals surface area contributed by atoms with E-state index in [1.54, 1.807) is 6.92 Å². The molecular formula is C11H15N3O2S. The van der Waals surface area contributed by atoms with E-state index in [0.29, 0.717) is 21.8 Å². The first kappa shape index (κ1) is 11.0. The molecule has 1 amide bonds. The fraction of sp³-hybridized carbons (Fsp3) is 0.636. The van der Waals surface area contributed by atoms with Crippen molar-refractivity contribution in [3.8, 4) is 0 Å². The molecule has 3 N–H and O–H groups in total. The lowest BCUT2D eigenvalue weighted by Crippen LogP contribution is -2.41. The topological polar surface area (TPSA) is 77.2 Å². The van der Waals surface area contributed by atoms with Gasteiger partial charge in [-0.1, -0.05) is 11.3 Å². The number of amides is 1. The Bertz CT molecular complexity index is 460. The van der Waals surface area contributed by atoms with Crippen LogP contribution >= 0.6 is 11.3 Å². The van der Waals surface area contributed by atoms with E-state index in [-0.39, 0.29) is 18.1 Å². The van der Waals surface area contributed by atoms with Crippen molar-refractivity contribution in [3.05, 3.63) is 10.6 Å². The number of fused-ring (bicyclic) bond motifs is 2. The van der Waals surface area contributed by atoms with Crippen LogP contribution in [0.25, 0.3) is 0 Å². The van der Waals surface area contributed by atoms with Crippen LogP contribution in [0.4, 0.5) is 5.13 Å². The van der Waals surface area contributed by atoms with Crippen LogP contribution in [0.2, 0.25) is 0 Å². The predicted octanol–water partition coefficient (Wildman–Crippen LogP) is 1.08. The quantitative estimate of drug-likeness (QED) is 0.827. The summed E-state index contributed by atoms with van der Waals surface area (Å²) < 4.78 is 5.71. The van der Waals surface area contributed by atoms with Gasteiger partial charge in [0, 0.05) is 0 Å². The highest BCUT2D eigenvalue weighted by atomic mass is 32.1. The molecule has 3 heterocycles. The van der Waals surface area contributed by atoms with Crippen molar-refractivity contribution in [1.82, 2.24) is 10.3 Å². The summed E-state index contributed by atoms with van der Waals surface area (Å²) in [6.45, 7) is 1.80. The van der Waals surface area contributed by atoms with Crippen LogP contribution in [0.15, 0.2) is 0 Å². The highest BCUT2D eigenvalue weighted by Gasteiger charge is 2.41. The largest absolute Gasteiger partial charge is 0.375 e. The molecule has 2 fully saturated rings. The van der Waals surface area contributed by atoms with Gasteiger partial charge in [0.15, 0.2) is 5.13 Å². The molecule has 2 bridgehead atoms. The van der Waals surface area contributed by atoms with Crippen molar-refractivity contribution in [3.63, 3.8) is 0 Å². The number of rotatable bonds is 2. The van der Waals surface area contributed by atoms with E-state index in [2.05, 4.69) is 10.3 Å². The number of hydrogen-bond donors (Lipinski definition) is 2. The van der Waals surface area contributed by atoms with Crippen LogP contribution in [0, 0.1) is 6.92 Å². The monoisotopic (exact) mass is 253 g/mol. The van der Waals surface area contributed by atoms with E-state index < -0.39 is 0 Å². The van der Waals surface area contributed by atoms with Gasteiger partial charge in [-0.2, -0.15) is 0 Å². The summed E-state index contributed by atoms with van der Waals surface area (Å²) in [7, 11) is 0. The van der Waals surface area contributed by atoms with Crippen LogP contribution in [0.3, 0.4) is 0 Å². The summed E-state index contributed by atoms with van der Waals surface area (Å²) in [6, 6.07) is 0.156. The molecule has 2 aliphatic heterocycles. The second-order valence-electron chi connectivity index (χ2n) is 4.66. The van der Waals surface area contributed by atoms with Crippen LogP contribution in [-0.2, 0) is 4.74 Å². The van der Waals surface area contributed by atoms with Gasteiger partial charge in [-0.15, -0.1) is 0 Å². The first-order valence-electron chi connectivity index (χ1n) is 5.82. The number of nitrogens with one attached hydrogen (secondary N) is 1. The van der Waals surface area contributed by atoms with Crippen LogP contribution < -0.4 is 11.1 Å². The third-order valence-corrected chi connectivity index (χ3v) is 4.43. The Morgan fingerprint density at radius 3 is 2.94 bits per heavy atom. The molecule has 5 nitrogen and oxygen atoms in total. The summed E-state index contributed by atoms with van der Waals surface area (Å²) >= 11 is 1.24. The molecule has 2 saturated heterocycles. The number of hydrogen-bond acceptors (Lipinski definition) is 5. The van der Waals surface area contributed by atoms with Crippen LogP contribution in [0.5, 0.6) is 0 Å². The lowest BCUT2D eigenvalue weighted by atomic mass is 9.95. The number of thiazole rings is 1. The Morgan fingerprint density at radius 2 is 2.41 bits per heavy atom. The maximum absolute atomic E-state index is 12.1. The van der Waals surface area contributed by atoms with Gasteiger partial charge in [-0.3, -0.25) is 4.79 Å². The Morgan fingerprint density at radius 1 is 1.59 bits per heavy atom. The molecule has 92 valence electrons. The number of carbonyl (C=O) groups excluding carboxylic acids is 1. The maximum atomic E-state index is 12.1. The first-order valence-corrected chi connectivity index (χ1v) is 6.64. The van der Waals surface area contributed by atoms with Gasteiger partial charge in [-0.25, -0.2) is 4.98 Å². The molecule has 1 aromatic rings. The Labute approximate surface area is 103 Å². The minimum absolute atomic E-state index is 0.0714. The molecule has 0 radical (unpaired) electrons. The van der Waals surface area contributed by atoms with Crippen molar-refractivity contribution in [2.24, 2.45) is 0 Å². The van der Waals surface area contributed by atoms with E-state index in [1.165, 1.54) is 11.3 Å². The maximum Gasteiger partial charge on any atom is 0.263 e. The molecule has 3 atom stereocenters. The van der Waals surface area contributed by atoms with Gasteiger partial charge in [0.25, 0.3) is 5.91 Å². The van der Waals surface area contributed by atoms with Crippen LogP contribution in [0.1, 0.15) is 34.6 Å².